The Bertz CT molecular complexity index is 865. The number of aryl methyl sites for hydroxylation is 1. The largest absolute Gasteiger partial charge is 0.573 e. The number of hydrogen-bond acceptors (Lipinski definition) is 5. The molecule has 2 aromatic rings. The molecule has 6 nitrogen and oxygen atoms in total. The Kier molecular flexibility index (Phi) is 6.39. The maximum atomic E-state index is 12.5. The molecule has 9 heteroatoms. The third kappa shape index (κ3) is 6.16. The maximum Gasteiger partial charge on any atom is 0.573 e. The fraction of sp³-hybridized carbons (Fsp3) is 0.400. The van der Waals surface area contributed by atoms with E-state index in [0.29, 0.717) is 12.1 Å². The van der Waals surface area contributed by atoms with E-state index in [-0.39, 0.29) is 17.1 Å². The van der Waals surface area contributed by atoms with Gasteiger partial charge in [0.25, 0.3) is 5.91 Å². The highest BCUT2D eigenvalue weighted by molar-refractivity contribution is 6.03. The van der Waals surface area contributed by atoms with Crippen LogP contribution < -0.4 is 10.1 Å². The van der Waals surface area contributed by atoms with Crippen LogP contribution in [0.3, 0.4) is 0 Å². The monoisotopic (exact) mass is 408 g/mol. The Morgan fingerprint density at radius 2 is 1.90 bits per heavy atom. The Hall–Kier alpha value is -2.65. The summed E-state index contributed by atoms with van der Waals surface area (Å²) in [6, 6.07) is 9.30. The SMILES string of the molecule is Cc1ccc(NC(=O)c2cccc(CN3CCN(C)CC3)n2)cc1OC(F)(F)F. The standard InChI is InChI=1S/C20H23F3N4O2/c1-14-6-7-15(12-18(14)29-20(21,22)23)25-19(28)17-5-3-4-16(24-17)13-27-10-8-26(2)9-11-27/h3-7,12H,8-11,13H2,1-2H3,(H,25,28). The molecule has 1 amide bonds. The van der Waals surface area contributed by atoms with Gasteiger partial charge in [-0.05, 0) is 37.7 Å². The zero-order chi connectivity index (χ0) is 21.0. The molecule has 0 atom stereocenters. The summed E-state index contributed by atoms with van der Waals surface area (Å²) in [6.07, 6.45) is -4.80. The fourth-order valence-electron chi connectivity index (χ4n) is 3.04. The minimum atomic E-state index is -4.80. The molecule has 1 fully saturated rings. The van der Waals surface area contributed by atoms with Crippen molar-refractivity contribution in [2.45, 2.75) is 19.8 Å². The van der Waals surface area contributed by atoms with E-state index in [0.717, 1.165) is 37.9 Å². The number of nitrogens with one attached hydrogen (secondary N) is 1. The van der Waals surface area contributed by atoms with Gasteiger partial charge in [0.15, 0.2) is 0 Å². The number of pyridine rings is 1. The van der Waals surface area contributed by atoms with Crippen LogP contribution in [0.4, 0.5) is 18.9 Å². The summed E-state index contributed by atoms with van der Waals surface area (Å²) >= 11 is 0. The summed E-state index contributed by atoms with van der Waals surface area (Å²) in [4.78, 5) is 21.5. The number of anilines is 1. The van der Waals surface area contributed by atoms with Gasteiger partial charge < -0.3 is 15.0 Å². The van der Waals surface area contributed by atoms with Crippen molar-refractivity contribution in [3.8, 4) is 5.75 Å². The number of hydrogen-bond donors (Lipinski definition) is 1. The van der Waals surface area contributed by atoms with Crippen LogP contribution in [0.25, 0.3) is 0 Å². The lowest BCUT2D eigenvalue weighted by atomic mass is 10.2. The molecule has 0 unspecified atom stereocenters. The number of ether oxygens (including phenoxy) is 1. The van der Waals surface area contributed by atoms with Gasteiger partial charge in [-0.2, -0.15) is 0 Å². The summed E-state index contributed by atoms with van der Waals surface area (Å²) in [5.41, 5.74) is 1.49. The molecule has 29 heavy (non-hydrogen) atoms. The van der Waals surface area contributed by atoms with Crippen LogP contribution in [0.1, 0.15) is 21.7 Å². The number of carbonyl (C=O) groups is 1. The zero-order valence-corrected chi connectivity index (χ0v) is 16.3. The molecule has 156 valence electrons. The van der Waals surface area contributed by atoms with Crippen molar-refractivity contribution in [1.82, 2.24) is 14.8 Å². The molecular formula is C20H23F3N4O2. The van der Waals surface area contributed by atoms with Crippen molar-refractivity contribution in [2.75, 3.05) is 38.5 Å². The average molecular weight is 408 g/mol. The number of likely N-dealkylation sites (N-methyl/N-ethyl adjacent to an activating group) is 1. The molecular weight excluding hydrogens is 385 g/mol. The number of rotatable bonds is 5. The molecule has 0 radical (unpaired) electrons. The molecule has 0 bridgehead atoms. The summed E-state index contributed by atoms with van der Waals surface area (Å²) in [5.74, 6) is -0.848. The van der Waals surface area contributed by atoms with Crippen LogP contribution >= 0.6 is 0 Å². The van der Waals surface area contributed by atoms with Crippen LogP contribution in [-0.4, -0.2) is 60.3 Å². The lowest BCUT2D eigenvalue weighted by Crippen LogP contribution is -2.44. The predicted octanol–water partition coefficient (Wildman–Crippen LogP) is 3.29. The van der Waals surface area contributed by atoms with E-state index in [2.05, 4.69) is 31.9 Å². The van der Waals surface area contributed by atoms with E-state index < -0.39 is 12.3 Å². The zero-order valence-electron chi connectivity index (χ0n) is 16.3. The fourth-order valence-corrected chi connectivity index (χ4v) is 3.04. The van der Waals surface area contributed by atoms with Crippen LogP contribution in [-0.2, 0) is 6.54 Å². The molecule has 3 rings (SSSR count). The average Bonchev–Trinajstić information content (AvgIpc) is 2.65. The van der Waals surface area contributed by atoms with Crippen molar-refractivity contribution < 1.29 is 22.7 Å². The Morgan fingerprint density at radius 3 is 2.59 bits per heavy atom. The molecule has 2 heterocycles. The van der Waals surface area contributed by atoms with E-state index in [4.69, 9.17) is 0 Å². The molecule has 0 saturated carbocycles. The normalized spacial score (nSPS) is 15.9. The van der Waals surface area contributed by atoms with E-state index in [1.807, 2.05) is 6.07 Å². The van der Waals surface area contributed by atoms with E-state index in [9.17, 15) is 18.0 Å². The van der Waals surface area contributed by atoms with Gasteiger partial charge in [0.2, 0.25) is 0 Å². The predicted molar refractivity (Wildman–Crippen MR) is 103 cm³/mol. The number of piperazine rings is 1. The minimum absolute atomic E-state index is 0.200. The number of amides is 1. The van der Waals surface area contributed by atoms with Gasteiger partial charge >= 0.3 is 6.36 Å². The van der Waals surface area contributed by atoms with Gasteiger partial charge in [0, 0.05) is 44.5 Å². The third-order valence-electron chi connectivity index (χ3n) is 4.69. The summed E-state index contributed by atoms with van der Waals surface area (Å²) in [6.45, 7) is 5.96. The van der Waals surface area contributed by atoms with Crippen molar-refractivity contribution in [1.29, 1.82) is 0 Å². The number of aromatic nitrogens is 1. The Labute approximate surface area is 167 Å². The first-order valence-corrected chi connectivity index (χ1v) is 9.24. The van der Waals surface area contributed by atoms with Gasteiger partial charge in [0.1, 0.15) is 11.4 Å². The second-order valence-electron chi connectivity index (χ2n) is 7.08. The van der Waals surface area contributed by atoms with Crippen molar-refractivity contribution in [3.63, 3.8) is 0 Å². The van der Waals surface area contributed by atoms with Crippen LogP contribution in [0.15, 0.2) is 36.4 Å². The highest BCUT2D eigenvalue weighted by Crippen LogP contribution is 2.28. The molecule has 1 aromatic carbocycles. The van der Waals surface area contributed by atoms with Crippen LogP contribution in [0, 0.1) is 6.92 Å². The first kappa shape index (κ1) is 21.1. The summed E-state index contributed by atoms with van der Waals surface area (Å²) in [7, 11) is 2.08. The van der Waals surface area contributed by atoms with Crippen LogP contribution in [0.2, 0.25) is 0 Å². The first-order valence-electron chi connectivity index (χ1n) is 9.24. The maximum absolute atomic E-state index is 12.5. The smallest absolute Gasteiger partial charge is 0.405 e. The van der Waals surface area contributed by atoms with E-state index in [1.54, 1.807) is 12.1 Å². The molecule has 1 aromatic heterocycles. The summed E-state index contributed by atoms with van der Waals surface area (Å²) < 4.78 is 41.5. The number of alkyl halides is 3. The van der Waals surface area contributed by atoms with Crippen LogP contribution in [0.5, 0.6) is 5.75 Å². The van der Waals surface area contributed by atoms with Gasteiger partial charge in [-0.3, -0.25) is 9.69 Å². The minimum Gasteiger partial charge on any atom is -0.405 e. The first-order chi connectivity index (χ1) is 13.7. The van der Waals surface area contributed by atoms with E-state index >= 15 is 0 Å². The van der Waals surface area contributed by atoms with Crippen molar-refractivity contribution in [3.05, 3.63) is 53.3 Å². The lowest BCUT2D eigenvalue weighted by molar-refractivity contribution is -0.274. The Balaban J connectivity index is 1.67. The van der Waals surface area contributed by atoms with E-state index in [1.165, 1.54) is 19.1 Å². The molecule has 0 spiro atoms. The van der Waals surface area contributed by atoms with Crippen molar-refractivity contribution in [2.24, 2.45) is 0 Å². The summed E-state index contributed by atoms with van der Waals surface area (Å²) in [5, 5.41) is 2.58. The lowest BCUT2D eigenvalue weighted by Gasteiger charge is -2.32. The van der Waals surface area contributed by atoms with Gasteiger partial charge in [-0.1, -0.05) is 12.1 Å². The topological polar surface area (TPSA) is 57.7 Å². The molecule has 1 aliphatic heterocycles. The number of nitrogens with zero attached hydrogens (tertiary/aromatic N) is 3. The Morgan fingerprint density at radius 1 is 1.17 bits per heavy atom. The molecule has 0 aliphatic carbocycles. The quantitative estimate of drug-likeness (QED) is 0.823. The second-order valence-corrected chi connectivity index (χ2v) is 7.08. The second kappa shape index (κ2) is 8.79. The number of benzene rings is 1. The van der Waals surface area contributed by atoms with Gasteiger partial charge in [-0.15, -0.1) is 13.2 Å². The van der Waals surface area contributed by atoms with Crippen molar-refractivity contribution >= 4 is 11.6 Å². The highest BCUT2D eigenvalue weighted by Gasteiger charge is 2.31. The highest BCUT2D eigenvalue weighted by atomic mass is 19.4. The van der Waals surface area contributed by atoms with Gasteiger partial charge in [-0.25, -0.2) is 4.98 Å². The van der Waals surface area contributed by atoms with Gasteiger partial charge in [0.05, 0.1) is 5.69 Å². The number of halogens is 3. The molecule has 1 saturated heterocycles. The third-order valence-corrected chi connectivity index (χ3v) is 4.69. The number of carbonyl (C=O) groups excluding carboxylic acids is 1. The molecule has 1 N–H and O–H groups in total. The molecule has 1 aliphatic rings.